The molecule has 7 nitrogen and oxygen atoms in total. The molecular weight excluding hydrogens is 328 g/mol. The summed E-state index contributed by atoms with van der Waals surface area (Å²) >= 11 is 0. The molecule has 4 heterocycles. The fourth-order valence-corrected chi connectivity index (χ4v) is 3.26. The van der Waals surface area contributed by atoms with Crippen molar-refractivity contribution in [3.8, 4) is 11.4 Å². The molecule has 0 unspecified atom stereocenters. The molecule has 0 bridgehead atoms. The fourth-order valence-electron chi connectivity index (χ4n) is 3.26. The van der Waals surface area contributed by atoms with E-state index in [2.05, 4.69) is 45.0 Å². The molecule has 26 heavy (non-hydrogen) atoms. The summed E-state index contributed by atoms with van der Waals surface area (Å²) in [5.41, 5.74) is 3.59. The van der Waals surface area contributed by atoms with Crippen molar-refractivity contribution < 1.29 is 0 Å². The van der Waals surface area contributed by atoms with Gasteiger partial charge in [0.1, 0.15) is 5.82 Å². The van der Waals surface area contributed by atoms with Gasteiger partial charge in [0.25, 0.3) is 5.56 Å². The SMILES string of the molecule is CC(C)n1cc(CN2CCc3nc(-c4cccnc4)[nH]c(=O)c3C2)cn1. The summed E-state index contributed by atoms with van der Waals surface area (Å²) in [5.74, 6) is 0.591. The summed E-state index contributed by atoms with van der Waals surface area (Å²) in [6, 6.07) is 4.09. The van der Waals surface area contributed by atoms with Gasteiger partial charge in [-0.15, -0.1) is 0 Å². The van der Waals surface area contributed by atoms with E-state index >= 15 is 0 Å². The van der Waals surface area contributed by atoms with Crippen LogP contribution in [0.1, 0.15) is 36.7 Å². The highest BCUT2D eigenvalue weighted by Gasteiger charge is 2.22. The highest BCUT2D eigenvalue weighted by atomic mass is 16.1. The maximum Gasteiger partial charge on any atom is 0.255 e. The quantitative estimate of drug-likeness (QED) is 0.780. The lowest BCUT2D eigenvalue weighted by Crippen LogP contribution is -2.35. The smallest absolute Gasteiger partial charge is 0.255 e. The number of H-pyrrole nitrogens is 1. The summed E-state index contributed by atoms with van der Waals surface area (Å²) in [6.45, 7) is 6.49. The molecule has 0 atom stereocenters. The van der Waals surface area contributed by atoms with Crippen LogP contribution < -0.4 is 5.56 Å². The van der Waals surface area contributed by atoms with E-state index in [0.29, 0.717) is 18.4 Å². The Morgan fingerprint density at radius 1 is 1.31 bits per heavy atom. The molecule has 1 aliphatic heterocycles. The minimum Gasteiger partial charge on any atom is -0.306 e. The van der Waals surface area contributed by atoms with Crippen LogP contribution in [0.15, 0.2) is 41.7 Å². The normalized spacial score (nSPS) is 14.6. The van der Waals surface area contributed by atoms with Gasteiger partial charge in [-0.05, 0) is 26.0 Å². The van der Waals surface area contributed by atoms with Gasteiger partial charge in [-0.1, -0.05) is 0 Å². The summed E-state index contributed by atoms with van der Waals surface area (Å²) in [5, 5.41) is 4.39. The van der Waals surface area contributed by atoms with Crippen LogP contribution in [0.3, 0.4) is 0 Å². The van der Waals surface area contributed by atoms with Gasteiger partial charge in [-0.3, -0.25) is 19.4 Å². The predicted molar refractivity (Wildman–Crippen MR) is 98.5 cm³/mol. The van der Waals surface area contributed by atoms with E-state index in [9.17, 15) is 4.79 Å². The standard InChI is InChI=1S/C19H22N6O/c1-13(2)25-11-14(8-21-25)10-24-7-5-17-16(12-24)19(26)23-18(22-17)15-4-3-6-20-9-15/h3-4,6,8-9,11,13H,5,7,10,12H2,1-2H3,(H,22,23,26). The maximum absolute atomic E-state index is 12.6. The minimum atomic E-state index is -0.0589. The van der Waals surface area contributed by atoms with Crippen molar-refractivity contribution in [3.63, 3.8) is 0 Å². The number of fused-ring (bicyclic) bond motifs is 1. The lowest BCUT2D eigenvalue weighted by atomic mass is 10.1. The number of pyridine rings is 1. The molecular formula is C19H22N6O. The summed E-state index contributed by atoms with van der Waals surface area (Å²) < 4.78 is 1.96. The van der Waals surface area contributed by atoms with E-state index in [1.807, 2.05) is 23.0 Å². The molecule has 7 heteroatoms. The average molecular weight is 350 g/mol. The van der Waals surface area contributed by atoms with Crippen molar-refractivity contribution in [2.75, 3.05) is 6.54 Å². The first-order valence-corrected chi connectivity index (χ1v) is 8.88. The van der Waals surface area contributed by atoms with E-state index in [-0.39, 0.29) is 5.56 Å². The third kappa shape index (κ3) is 3.30. The van der Waals surface area contributed by atoms with E-state index in [4.69, 9.17) is 0 Å². The average Bonchev–Trinajstić information content (AvgIpc) is 3.12. The second-order valence-corrected chi connectivity index (χ2v) is 6.96. The molecule has 0 saturated carbocycles. The Labute approximate surface area is 151 Å². The Bertz CT molecular complexity index is 960. The van der Waals surface area contributed by atoms with Gasteiger partial charge in [0.15, 0.2) is 0 Å². The van der Waals surface area contributed by atoms with Crippen LogP contribution in [0.25, 0.3) is 11.4 Å². The van der Waals surface area contributed by atoms with Crippen LogP contribution in [-0.2, 0) is 19.5 Å². The molecule has 0 amide bonds. The number of hydrogen-bond donors (Lipinski definition) is 1. The molecule has 0 aromatic carbocycles. The zero-order valence-electron chi connectivity index (χ0n) is 15.0. The monoisotopic (exact) mass is 350 g/mol. The summed E-state index contributed by atoms with van der Waals surface area (Å²) in [7, 11) is 0. The molecule has 3 aromatic heterocycles. The molecule has 0 aliphatic carbocycles. The number of nitrogens with one attached hydrogen (secondary N) is 1. The zero-order valence-corrected chi connectivity index (χ0v) is 15.0. The van der Waals surface area contributed by atoms with Gasteiger partial charge in [-0.25, -0.2) is 4.98 Å². The van der Waals surface area contributed by atoms with Gasteiger partial charge in [0.05, 0.1) is 17.5 Å². The van der Waals surface area contributed by atoms with E-state index < -0.39 is 0 Å². The highest BCUT2D eigenvalue weighted by molar-refractivity contribution is 5.53. The fraction of sp³-hybridized carbons (Fsp3) is 0.368. The van der Waals surface area contributed by atoms with Crippen molar-refractivity contribution in [1.29, 1.82) is 0 Å². The summed E-state index contributed by atoms with van der Waals surface area (Å²) in [4.78, 5) is 26.5. The molecule has 4 rings (SSSR count). The molecule has 0 spiro atoms. The van der Waals surface area contributed by atoms with Crippen LogP contribution in [0.2, 0.25) is 0 Å². The second kappa shape index (κ2) is 6.84. The first-order chi connectivity index (χ1) is 12.6. The van der Waals surface area contributed by atoms with Crippen LogP contribution in [0.4, 0.5) is 0 Å². The van der Waals surface area contributed by atoms with Crippen LogP contribution in [0.5, 0.6) is 0 Å². The van der Waals surface area contributed by atoms with Crippen molar-refractivity contribution in [3.05, 3.63) is 64.1 Å². The van der Waals surface area contributed by atoms with Crippen LogP contribution >= 0.6 is 0 Å². The van der Waals surface area contributed by atoms with Crippen molar-refractivity contribution in [1.82, 2.24) is 29.6 Å². The van der Waals surface area contributed by atoms with E-state index in [1.54, 1.807) is 12.4 Å². The Morgan fingerprint density at radius 3 is 2.92 bits per heavy atom. The van der Waals surface area contributed by atoms with Gasteiger partial charge in [0, 0.05) is 61.8 Å². The number of rotatable bonds is 4. The Kier molecular flexibility index (Phi) is 4.38. The number of nitrogens with zero attached hydrogens (tertiary/aromatic N) is 5. The van der Waals surface area contributed by atoms with E-state index in [1.165, 1.54) is 5.56 Å². The molecule has 1 aliphatic rings. The minimum absolute atomic E-state index is 0.0589. The predicted octanol–water partition coefficient (Wildman–Crippen LogP) is 2.17. The second-order valence-electron chi connectivity index (χ2n) is 6.96. The molecule has 134 valence electrons. The number of aromatic nitrogens is 5. The van der Waals surface area contributed by atoms with Gasteiger partial charge in [-0.2, -0.15) is 5.10 Å². The number of hydrogen-bond acceptors (Lipinski definition) is 5. The number of aromatic amines is 1. The lowest BCUT2D eigenvalue weighted by Gasteiger charge is -2.27. The van der Waals surface area contributed by atoms with E-state index in [0.717, 1.165) is 36.3 Å². The van der Waals surface area contributed by atoms with Gasteiger partial charge < -0.3 is 4.98 Å². The molecule has 3 aromatic rings. The third-order valence-corrected chi connectivity index (χ3v) is 4.67. The van der Waals surface area contributed by atoms with Crippen molar-refractivity contribution in [2.24, 2.45) is 0 Å². The Morgan fingerprint density at radius 2 is 2.19 bits per heavy atom. The molecule has 1 N–H and O–H groups in total. The molecule has 0 fully saturated rings. The topological polar surface area (TPSA) is 79.7 Å². The van der Waals surface area contributed by atoms with Gasteiger partial charge >= 0.3 is 0 Å². The lowest BCUT2D eigenvalue weighted by molar-refractivity contribution is 0.241. The third-order valence-electron chi connectivity index (χ3n) is 4.67. The Hall–Kier alpha value is -2.80. The van der Waals surface area contributed by atoms with Crippen LogP contribution in [0, 0.1) is 0 Å². The van der Waals surface area contributed by atoms with Crippen LogP contribution in [-0.4, -0.2) is 36.2 Å². The maximum atomic E-state index is 12.6. The van der Waals surface area contributed by atoms with Gasteiger partial charge in [0.2, 0.25) is 0 Å². The largest absolute Gasteiger partial charge is 0.306 e. The highest BCUT2D eigenvalue weighted by Crippen LogP contribution is 2.19. The van der Waals surface area contributed by atoms with Crippen molar-refractivity contribution in [2.45, 2.75) is 39.4 Å². The molecule has 0 radical (unpaired) electrons. The Balaban J connectivity index is 1.54. The zero-order chi connectivity index (χ0) is 18.1. The van der Waals surface area contributed by atoms with Crippen molar-refractivity contribution >= 4 is 0 Å². The first-order valence-electron chi connectivity index (χ1n) is 8.88. The summed E-state index contributed by atoms with van der Waals surface area (Å²) in [6.07, 6.45) is 8.17. The first kappa shape index (κ1) is 16.7. The molecule has 0 saturated heterocycles.